The standard InChI is InChI=1S/C22H28N2O2/c1-17-6-12-21(13-7-17)26-18(2)22(25)23-16-19-8-10-20(11-9-19)24-14-4-3-5-15-24/h6-13,18H,3-5,14-16H2,1-2H3,(H,23,25)/t18-/m0/s1. The lowest BCUT2D eigenvalue weighted by Crippen LogP contribution is -2.35. The van der Waals surface area contributed by atoms with Gasteiger partial charge in [0.1, 0.15) is 5.75 Å². The van der Waals surface area contributed by atoms with E-state index in [1.165, 1.54) is 30.5 Å². The van der Waals surface area contributed by atoms with Crippen molar-refractivity contribution in [3.8, 4) is 5.75 Å². The van der Waals surface area contributed by atoms with Crippen LogP contribution in [0, 0.1) is 6.92 Å². The molecule has 4 heteroatoms. The first kappa shape index (κ1) is 18.3. The highest BCUT2D eigenvalue weighted by atomic mass is 16.5. The summed E-state index contributed by atoms with van der Waals surface area (Å²) in [6.45, 7) is 6.60. The third-order valence-corrected chi connectivity index (χ3v) is 4.83. The van der Waals surface area contributed by atoms with Crippen LogP contribution in [-0.2, 0) is 11.3 Å². The fraction of sp³-hybridized carbons (Fsp3) is 0.409. The number of carbonyl (C=O) groups excluding carboxylic acids is 1. The number of hydrogen-bond acceptors (Lipinski definition) is 3. The smallest absolute Gasteiger partial charge is 0.261 e. The van der Waals surface area contributed by atoms with Gasteiger partial charge in [0.25, 0.3) is 5.91 Å². The monoisotopic (exact) mass is 352 g/mol. The minimum absolute atomic E-state index is 0.106. The zero-order valence-corrected chi connectivity index (χ0v) is 15.7. The molecule has 26 heavy (non-hydrogen) atoms. The second kappa shape index (κ2) is 8.75. The van der Waals surface area contributed by atoms with E-state index in [9.17, 15) is 4.79 Å². The molecular formula is C22H28N2O2. The largest absolute Gasteiger partial charge is 0.481 e. The van der Waals surface area contributed by atoms with Crippen LogP contribution in [0.1, 0.15) is 37.3 Å². The Labute approximate surface area is 156 Å². The summed E-state index contributed by atoms with van der Waals surface area (Å²) in [6, 6.07) is 16.2. The summed E-state index contributed by atoms with van der Waals surface area (Å²) in [5, 5.41) is 2.95. The van der Waals surface area contributed by atoms with E-state index in [2.05, 4.69) is 34.5 Å². The quantitative estimate of drug-likeness (QED) is 0.852. The highest BCUT2D eigenvalue weighted by molar-refractivity contribution is 5.80. The molecule has 2 aromatic carbocycles. The summed E-state index contributed by atoms with van der Waals surface area (Å²) in [7, 11) is 0. The SMILES string of the molecule is Cc1ccc(O[C@@H](C)C(=O)NCc2ccc(N3CCCCC3)cc2)cc1. The summed E-state index contributed by atoms with van der Waals surface area (Å²) in [5.41, 5.74) is 3.54. The van der Waals surface area contributed by atoms with E-state index in [0.29, 0.717) is 12.3 Å². The number of rotatable bonds is 6. The van der Waals surface area contributed by atoms with E-state index in [1.807, 2.05) is 31.2 Å². The van der Waals surface area contributed by atoms with Gasteiger partial charge in [-0.25, -0.2) is 0 Å². The third-order valence-electron chi connectivity index (χ3n) is 4.83. The van der Waals surface area contributed by atoms with Gasteiger partial charge in [-0.05, 0) is 62.9 Å². The Morgan fingerprint density at radius 1 is 1.04 bits per heavy atom. The van der Waals surface area contributed by atoms with Gasteiger partial charge in [0.15, 0.2) is 6.10 Å². The van der Waals surface area contributed by atoms with E-state index < -0.39 is 6.10 Å². The van der Waals surface area contributed by atoms with Gasteiger partial charge in [0.05, 0.1) is 0 Å². The second-order valence-electron chi connectivity index (χ2n) is 7.01. The van der Waals surface area contributed by atoms with Gasteiger partial charge in [0, 0.05) is 25.3 Å². The number of hydrogen-bond donors (Lipinski definition) is 1. The van der Waals surface area contributed by atoms with Crippen molar-refractivity contribution < 1.29 is 9.53 Å². The molecule has 0 bridgehead atoms. The molecule has 1 N–H and O–H groups in total. The molecule has 1 fully saturated rings. The number of amides is 1. The van der Waals surface area contributed by atoms with Crippen LogP contribution in [0.4, 0.5) is 5.69 Å². The Morgan fingerprint density at radius 3 is 2.35 bits per heavy atom. The van der Waals surface area contributed by atoms with Crippen LogP contribution >= 0.6 is 0 Å². The van der Waals surface area contributed by atoms with E-state index in [1.54, 1.807) is 6.92 Å². The van der Waals surface area contributed by atoms with Crippen LogP contribution in [0.3, 0.4) is 0 Å². The van der Waals surface area contributed by atoms with Crippen molar-refractivity contribution in [2.24, 2.45) is 0 Å². The fourth-order valence-corrected chi connectivity index (χ4v) is 3.18. The number of nitrogens with one attached hydrogen (secondary N) is 1. The normalized spacial score (nSPS) is 15.4. The van der Waals surface area contributed by atoms with Gasteiger partial charge in [-0.2, -0.15) is 0 Å². The minimum Gasteiger partial charge on any atom is -0.481 e. The molecule has 4 nitrogen and oxygen atoms in total. The molecule has 2 aromatic rings. The van der Waals surface area contributed by atoms with Crippen LogP contribution in [0.2, 0.25) is 0 Å². The second-order valence-corrected chi connectivity index (χ2v) is 7.01. The molecule has 0 unspecified atom stereocenters. The summed E-state index contributed by atoms with van der Waals surface area (Å²) in [6.07, 6.45) is 3.36. The number of carbonyl (C=O) groups is 1. The molecule has 0 saturated carbocycles. The molecule has 1 amide bonds. The van der Waals surface area contributed by atoms with Crippen LogP contribution in [0.15, 0.2) is 48.5 Å². The summed E-state index contributed by atoms with van der Waals surface area (Å²) in [4.78, 5) is 14.7. The number of benzene rings is 2. The van der Waals surface area contributed by atoms with Gasteiger partial charge in [-0.1, -0.05) is 29.8 Å². The molecular weight excluding hydrogens is 324 g/mol. The van der Waals surface area contributed by atoms with Crippen LogP contribution in [0.5, 0.6) is 5.75 Å². The average molecular weight is 352 g/mol. The highest BCUT2D eigenvalue weighted by Crippen LogP contribution is 2.20. The van der Waals surface area contributed by atoms with Gasteiger partial charge in [-0.3, -0.25) is 4.79 Å². The maximum Gasteiger partial charge on any atom is 0.261 e. The Bertz CT molecular complexity index is 704. The molecule has 3 rings (SSSR count). The Balaban J connectivity index is 1.48. The number of ether oxygens (including phenoxy) is 1. The highest BCUT2D eigenvalue weighted by Gasteiger charge is 2.14. The fourth-order valence-electron chi connectivity index (χ4n) is 3.18. The molecule has 0 spiro atoms. The summed E-state index contributed by atoms with van der Waals surface area (Å²) in [5.74, 6) is 0.606. The van der Waals surface area contributed by atoms with E-state index in [-0.39, 0.29) is 5.91 Å². The maximum absolute atomic E-state index is 12.3. The van der Waals surface area contributed by atoms with Crippen LogP contribution in [-0.4, -0.2) is 25.1 Å². The molecule has 1 heterocycles. The number of anilines is 1. The van der Waals surface area contributed by atoms with Crippen LogP contribution < -0.4 is 15.0 Å². The Hall–Kier alpha value is -2.49. The van der Waals surface area contributed by atoms with Crippen LogP contribution in [0.25, 0.3) is 0 Å². The van der Waals surface area contributed by atoms with Crippen molar-refractivity contribution >= 4 is 11.6 Å². The van der Waals surface area contributed by atoms with Gasteiger partial charge in [-0.15, -0.1) is 0 Å². The minimum atomic E-state index is -0.523. The lowest BCUT2D eigenvalue weighted by molar-refractivity contribution is -0.127. The number of nitrogens with zero attached hydrogens (tertiary/aromatic N) is 1. The summed E-state index contributed by atoms with van der Waals surface area (Å²) >= 11 is 0. The van der Waals surface area contributed by atoms with Gasteiger partial charge >= 0.3 is 0 Å². The predicted octanol–water partition coefficient (Wildman–Crippen LogP) is 4.07. The number of aryl methyl sites for hydroxylation is 1. The molecule has 1 aliphatic heterocycles. The van der Waals surface area contributed by atoms with Crippen molar-refractivity contribution in [2.75, 3.05) is 18.0 Å². The van der Waals surface area contributed by atoms with Crippen molar-refractivity contribution in [2.45, 2.75) is 45.8 Å². The third kappa shape index (κ3) is 5.01. The van der Waals surface area contributed by atoms with E-state index in [0.717, 1.165) is 18.7 Å². The van der Waals surface area contributed by atoms with Crippen molar-refractivity contribution in [1.29, 1.82) is 0 Å². The van der Waals surface area contributed by atoms with Crippen molar-refractivity contribution in [3.05, 3.63) is 59.7 Å². The lowest BCUT2D eigenvalue weighted by atomic mass is 10.1. The van der Waals surface area contributed by atoms with Gasteiger partial charge < -0.3 is 15.0 Å². The zero-order valence-electron chi connectivity index (χ0n) is 15.7. The van der Waals surface area contributed by atoms with Crippen molar-refractivity contribution in [1.82, 2.24) is 5.32 Å². The zero-order chi connectivity index (χ0) is 18.4. The molecule has 138 valence electrons. The summed E-state index contributed by atoms with van der Waals surface area (Å²) < 4.78 is 5.70. The van der Waals surface area contributed by atoms with Crippen molar-refractivity contribution in [3.63, 3.8) is 0 Å². The Morgan fingerprint density at radius 2 is 1.69 bits per heavy atom. The average Bonchev–Trinajstić information content (AvgIpc) is 2.69. The van der Waals surface area contributed by atoms with E-state index in [4.69, 9.17) is 4.74 Å². The maximum atomic E-state index is 12.3. The molecule has 0 aromatic heterocycles. The van der Waals surface area contributed by atoms with Gasteiger partial charge in [0.2, 0.25) is 0 Å². The van der Waals surface area contributed by atoms with E-state index >= 15 is 0 Å². The lowest BCUT2D eigenvalue weighted by Gasteiger charge is -2.28. The molecule has 1 aliphatic rings. The molecule has 0 radical (unpaired) electrons. The predicted molar refractivity (Wildman–Crippen MR) is 106 cm³/mol. The molecule has 1 atom stereocenters. The molecule has 1 saturated heterocycles. The first-order valence-corrected chi connectivity index (χ1v) is 9.47. The first-order valence-electron chi connectivity index (χ1n) is 9.47. The Kier molecular flexibility index (Phi) is 6.16. The number of piperidine rings is 1. The first-order chi connectivity index (χ1) is 12.6. The topological polar surface area (TPSA) is 41.6 Å². The molecule has 0 aliphatic carbocycles.